The summed E-state index contributed by atoms with van der Waals surface area (Å²) in [5, 5.41) is 5.80. The Hall–Kier alpha value is -1.59. The zero-order valence-electron chi connectivity index (χ0n) is 16.6. The van der Waals surface area contributed by atoms with Gasteiger partial charge < -0.3 is 16.4 Å². The van der Waals surface area contributed by atoms with Crippen molar-refractivity contribution >= 4 is 24.2 Å². The van der Waals surface area contributed by atoms with Crippen LogP contribution in [0.25, 0.3) is 0 Å². The second-order valence-corrected chi connectivity index (χ2v) is 7.57. The van der Waals surface area contributed by atoms with Crippen LogP contribution in [0.15, 0.2) is 24.3 Å². The summed E-state index contributed by atoms with van der Waals surface area (Å²) in [5.41, 5.74) is 7.29. The SMILES string of the molecule is CCC(CC)(CN)NC(=O)CCNC(=O)c1ccc(C(C)(C)C)cc1.Cl. The molecule has 0 aliphatic carbocycles. The molecular formula is C20H34ClN3O2. The lowest BCUT2D eigenvalue weighted by atomic mass is 9.87. The third-order valence-corrected chi connectivity index (χ3v) is 4.80. The lowest BCUT2D eigenvalue weighted by Crippen LogP contribution is -2.53. The highest BCUT2D eigenvalue weighted by Gasteiger charge is 2.25. The lowest BCUT2D eigenvalue weighted by molar-refractivity contribution is -0.122. The second-order valence-electron chi connectivity index (χ2n) is 7.57. The minimum absolute atomic E-state index is 0. The van der Waals surface area contributed by atoms with Crippen molar-refractivity contribution in [3.05, 3.63) is 35.4 Å². The molecule has 0 bridgehead atoms. The Balaban J connectivity index is 0.00000625. The van der Waals surface area contributed by atoms with Gasteiger partial charge >= 0.3 is 0 Å². The summed E-state index contributed by atoms with van der Waals surface area (Å²) in [6.45, 7) is 11.1. The largest absolute Gasteiger partial charge is 0.352 e. The van der Waals surface area contributed by atoms with E-state index in [0.29, 0.717) is 18.7 Å². The molecule has 4 N–H and O–H groups in total. The van der Waals surface area contributed by atoms with Gasteiger partial charge in [0.2, 0.25) is 5.91 Å². The van der Waals surface area contributed by atoms with Gasteiger partial charge in [-0.1, -0.05) is 46.8 Å². The first-order valence-corrected chi connectivity index (χ1v) is 9.07. The van der Waals surface area contributed by atoms with E-state index in [4.69, 9.17) is 5.73 Å². The van der Waals surface area contributed by atoms with Crippen LogP contribution >= 0.6 is 12.4 Å². The summed E-state index contributed by atoms with van der Waals surface area (Å²) < 4.78 is 0. The third kappa shape index (κ3) is 6.96. The van der Waals surface area contributed by atoms with E-state index in [1.54, 1.807) is 0 Å². The maximum Gasteiger partial charge on any atom is 0.251 e. The van der Waals surface area contributed by atoms with E-state index < -0.39 is 0 Å². The maximum atomic E-state index is 12.2. The molecule has 2 amide bonds. The van der Waals surface area contributed by atoms with E-state index >= 15 is 0 Å². The van der Waals surface area contributed by atoms with Gasteiger partial charge in [0, 0.05) is 25.1 Å². The van der Waals surface area contributed by atoms with Crippen LogP contribution in [0.2, 0.25) is 0 Å². The molecule has 5 nitrogen and oxygen atoms in total. The van der Waals surface area contributed by atoms with Crippen molar-refractivity contribution in [2.45, 2.75) is 64.8 Å². The molecule has 0 spiro atoms. The first kappa shape index (κ1) is 24.4. The quantitative estimate of drug-likeness (QED) is 0.644. The summed E-state index contributed by atoms with van der Waals surface area (Å²) >= 11 is 0. The Labute approximate surface area is 163 Å². The molecule has 1 rings (SSSR count). The van der Waals surface area contributed by atoms with Crippen molar-refractivity contribution in [1.29, 1.82) is 0 Å². The van der Waals surface area contributed by atoms with Crippen LogP contribution in [0, 0.1) is 0 Å². The number of nitrogens with two attached hydrogens (primary N) is 1. The van der Waals surface area contributed by atoms with Gasteiger partial charge in [-0.3, -0.25) is 9.59 Å². The standard InChI is InChI=1S/C20H33N3O2.ClH/c1-6-20(7-2,14-21)23-17(24)12-13-22-18(25)15-8-10-16(11-9-15)19(3,4)5;/h8-11H,6-7,12-14,21H2,1-5H3,(H,22,25)(H,23,24);1H. The third-order valence-electron chi connectivity index (χ3n) is 4.80. The molecule has 0 atom stereocenters. The molecular weight excluding hydrogens is 350 g/mol. The zero-order chi connectivity index (χ0) is 19.1. The number of carbonyl (C=O) groups excluding carboxylic acids is 2. The molecule has 0 saturated carbocycles. The summed E-state index contributed by atoms with van der Waals surface area (Å²) in [7, 11) is 0. The predicted octanol–water partition coefficient (Wildman–Crippen LogP) is 3.16. The van der Waals surface area contributed by atoms with Crippen LogP contribution in [0.3, 0.4) is 0 Å². The first-order valence-electron chi connectivity index (χ1n) is 9.07. The van der Waals surface area contributed by atoms with Crippen LogP contribution in [-0.2, 0) is 10.2 Å². The van der Waals surface area contributed by atoms with Gasteiger partial charge in [-0.05, 0) is 36.0 Å². The Bertz CT molecular complexity index is 567. The molecule has 0 unspecified atom stereocenters. The highest BCUT2D eigenvalue weighted by atomic mass is 35.5. The van der Waals surface area contributed by atoms with Gasteiger partial charge in [-0.15, -0.1) is 12.4 Å². The van der Waals surface area contributed by atoms with E-state index in [1.165, 1.54) is 5.56 Å². The maximum absolute atomic E-state index is 12.2. The Morgan fingerprint density at radius 1 is 1.04 bits per heavy atom. The highest BCUT2D eigenvalue weighted by Crippen LogP contribution is 2.22. The predicted molar refractivity (Wildman–Crippen MR) is 110 cm³/mol. The number of halogens is 1. The van der Waals surface area contributed by atoms with Crippen LogP contribution in [0.5, 0.6) is 0 Å². The van der Waals surface area contributed by atoms with Crippen LogP contribution in [-0.4, -0.2) is 30.4 Å². The number of carbonyl (C=O) groups is 2. The monoisotopic (exact) mass is 383 g/mol. The molecule has 0 fully saturated rings. The van der Waals surface area contributed by atoms with Crippen molar-refractivity contribution in [3.8, 4) is 0 Å². The van der Waals surface area contributed by atoms with Crippen molar-refractivity contribution in [2.24, 2.45) is 5.73 Å². The van der Waals surface area contributed by atoms with Crippen molar-refractivity contribution in [2.75, 3.05) is 13.1 Å². The van der Waals surface area contributed by atoms with Gasteiger partial charge in [0.05, 0.1) is 5.54 Å². The lowest BCUT2D eigenvalue weighted by Gasteiger charge is -2.31. The van der Waals surface area contributed by atoms with Gasteiger partial charge in [0.1, 0.15) is 0 Å². The van der Waals surface area contributed by atoms with E-state index in [2.05, 4.69) is 31.4 Å². The Morgan fingerprint density at radius 3 is 2.00 bits per heavy atom. The Kier molecular flexibility index (Phi) is 9.89. The number of amides is 2. The molecule has 1 aromatic rings. The highest BCUT2D eigenvalue weighted by molar-refractivity contribution is 5.94. The van der Waals surface area contributed by atoms with Crippen molar-refractivity contribution in [3.63, 3.8) is 0 Å². The average Bonchev–Trinajstić information content (AvgIpc) is 2.59. The molecule has 6 heteroatoms. The smallest absolute Gasteiger partial charge is 0.251 e. The molecule has 0 aromatic heterocycles. The summed E-state index contributed by atoms with van der Waals surface area (Å²) in [6, 6.07) is 7.59. The first-order chi connectivity index (χ1) is 11.7. The number of hydrogen-bond acceptors (Lipinski definition) is 3. The number of hydrogen-bond donors (Lipinski definition) is 3. The summed E-state index contributed by atoms with van der Waals surface area (Å²) in [5.74, 6) is -0.248. The van der Waals surface area contributed by atoms with E-state index in [0.717, 1.165) is 12.8 Å². The van der Waals surface area contributed by atoms with E-state index in [9.17, 15) is 9.59 Å². The Morgan fingerprint density at radius 2 is 1.58 bits per heavy atom. The van der Waals surface area contributed by atoms with E-state index in [1.807, 2.05) is 38.1 Å². The normalized spacial score (nSPS) is 11.5. The number of benzene rings is 1. The molecule has 0 saturated heterocycles. The molecule has 148 valence electrons. The number of nitrogens with one attached hydrogen (secondary N) is 2. The van der Waals surface area contributed by atoms with Crippen LogP contribution < -0.4 is 16.4 Å². The van der Waals surface area contributed by atoms with E-state index in [-0.39, 0.29) is 41.6 Å². The fourth-order valence-corrected chi connectivity index (χ4v) is 2.64. The summed E-state index contributed by atoms with van der Waals surface area (Å²) in [4.78, 5) is 24.3. The van der Waals surface area contributed by atoms with Crippen LogP contribution in [0.4, 0.5) is 0 Å². The van der Waals surface area contributed by atoms with Gasteiger partial charge in [-0.2, -0.15) is 0 Å². The molecule has 0 aliphatic rings. The van der Waals surface area contributed by atoms with Crippen LogP contribution in [0.1, 0.15) is 69.8 Å². The fraction of sp³-hybridized carbons (Fsp3) is 0.600. The second kappa shape index (κ2) is 10.5. The molecule has 0 heterocycles. The molecule has 0 aliphatic heterocycles. The zero-order valence-corrected chi connectivity index (χ0v) is 17.5. The minimum Gasteiger partial charge on any atom is -0.352 e. The van der Waals surface area contributed by atoms with Gasteiger partial charge in [0.25, 0.3) is 5.91 Å². The molecule has 0 radical (unpaired) electrons. The molecule has 26 heavy (non-hydrogen) atoms. The van der Waals surface area contributed by atoms with Gasteiger partial charge in [-0.25, -0.2) is 0 Å². The van der Waals surface area contributed by atoms with Crippen molar-refractivity contribution in [1.82, 2.24) is 10.6 Å². The summed E-state index contributed by atoms with van der Waals surface area (Å²) in [6.07, 6.45) is 1.82. The topological polar surface area (TPSA) is 84.2 Å². The fourth-order valence-electron chi connectivity index (χ4n) is 2.64. The minimum atomic E-state index is -0.343. The number of rotatable bonds is 8. The average molecular weight is 384 g/mol. The van der Waals surface area contributed by atoms with Crippen molar-refractivity contribution < 1.29 is 9.59 Å². The van der Waals surface area contributed by atoms with Gasteiger partial charge in [0.15, 0.2) is 0 Å². The molecule has 1 aromatic carbocycles.